The van der Waals surface area contributed by atoms with Crippen LogP contribution in [-0.4, -0.2) is 70.3 Å². The maximum absolute atomic E-state index is 13.1. The Balaban J connectivity index is 1.77. The number of rotatable bonds is 7. The number of para-hydroxylation sites is 2. The Labute approximate surface area is 173 Å². The fraction of sp³-hybridized carbons (Fsp3) is 0.350. The van der Waals surface area contributed by atoms with Gasteiger partial charge in [-0.3, -0.25) is 14.6 Å². The minimum atomic E-state index is -0.327. The molecule has 152 valence electrons. The zero-order valence-electron chi connectivity index (χ0n) is 17.0. The number of hydrogen-bond acceptors (Lipinski definition) is 7. The van der Waals surface area contributed by atoms with Gasteiger partial charge in [-0.25, -0.2) is 9.97 Å². The molecule has 0 unspecified atom stereocenters. The third kappa shape index (κ3) is 5.33. The summed E-state index contributed by atoms with van der Waals surface area (Å²) in [6.45, 7) is 4.78. The second-order valence-electron chi connectivity index (χ2n) is 6.98. The molecule has 3 aromatic rings. The molecule has 2 aromatic heterocycles. The molecule has 1 aromatic carbocycles. The Kier molecular flexibility index (Phi) is 6.50. The monoisotopic (exact) mass is 412 g/mol. The van der Waals surface area contributed by atoms with E-state index in [-0.39, 0.29) is 24.1 Å². The fourth-order valence-corrected chi connectivity index (χ4v) is 3.48. The van der Waals surface area contributed by atoms with E-state index in [2.05, 4.69) is 20.3 Å². The lowest BCUT2D eigenvalue weighted by Crippen LogP contribution is -2.42. The molecule has 0 aliphatic carbocycles. The Hall–Kier alpha value is -2.91. The van der Waals surface area contributed by atoms with Crippen molar-refractivity contribution in [3.8, 4) is 0 Å². The highest BCUT2D eigenvalue weighted by molar-refractivity contribution is 7.15. The summed E-state index contributed by atoms with van der Waals surface area (Å²) in [7, 11) is 3.83. The summed E-state index contributed by atoms with van der Waals surface area (Å²) < 4.78 is 0. The SMILES string of the molecule is Cc1nc(NC(=O)CN(CCN(C)C)C(=O)c2cnc3ccccc3n2)sc1C. The first-order valence-corrected chi connectivity index (χ1v) is 10.0. The van der Waals surface area contributed by atoms with Crippen molar-refractivity contribution in [1.82, 2.24) is 24.8 Å². The first kappa shape index (κ1) is 20.8. The van der Waals surface area contributed by atoms with Crippen molar-refractivity contribution in [2.24, 2.45) is 0 Å². The van der Waals surface area contributed by atoms with Crippen molar-refractivity contribution in [3.63, 3.8) is 0 Å². The molecular formula is C20H24N6O2S. The number of carbonyl (C=O) groups excluding carboxylic acids is 2. The van der Waals surface area contributed by atoms with Crippen LogP contribution in [0.2, 0.25) is 0 Å². The van der Waals surface area contributed by atoms with Crippen molar-refractivity contribution >= 4 is 39.3 Å². The summed E-state index contributed by atoms with van der Waals surface area (Å²) in [5.41, 5.74) is 2.47. The number of benzene rings is 1. The maximum atomic E-state index is 13.1. The fourth-order valence-electron chi connectivity index (χ4n) is 2.65. The van der Waals surface area contributed by atoms with Crippen molar-refractivity contribution in [2.45, 2.75) is 13.8 Å². The van der Waals surface area contributed by atoms with E-state index in [9.17, 15) is 9.59 Å². The summed E-state index contributed by atoms with van der Waals surface area (Å²) in [6.07, 6.45) is 1.46. The predicted octanol–water partition coefficient (Wildman–Crippen LogP) is 2.35. The van der Waals surface area contributed by atoms with E-state index in [1.54, 1.807) is 0 Å². The number of amides is 2. The molecule has 8 nitrogen and oxygen atoms in total. The van der Waals surface area contributed by atoms with Crippen LogP contribution in [0.1, 0.15) is 21.1 Å². The molecule has 1 N–H and O–H groups in total. The number of aryl methyl sites for hydroxylation is 2. The molecule has 3 rings (SSSR count). The van der Waals surface area contributed by atoms with E-state index in [4.69, 9.17) is 0 Å². The molecule has 9 heteroatoms. The number of fused-ring (bicyclic) bond motifs is 1. The van der Waals surface area contributed by atoms with Crippen LogP contribution in [0.15, 0.2) is 30.5 Å². The van der Waals surface area contributed by atoms with E-state index in [1.807, 2.05) is 57.1 Å². The summed E-state index contributed by atoms with van der Waals surface area (Å²) in [5, 5.41) is 3.32. The van der Waals surface area contributed by atoms with Crippen molar-refractivity contribution < 1.29 is 9.59 Å². The number of nitrogens with one attached hydrogen (secondary N) is 1. The van der Waals surface area contributed by atoms with E-state index < -0.39 is 0 Å². The van der Waals surface area contributed by atoms with Crippen LogP contribution < -0.4 is 5.32 Å². The Morgan fingerprint density at radius 2 is 1.79 bits per heavy atom. The van der Waals surface area contributed by atoms with Gasteiger partial charge in [0.05, 0.1) is 22.9 Å². The molecule has 0 aliphatic rings. The summed E-state index contributed by atoms with van der Waals surface area (Å²) >= 11 is 1.42. The van der Waals surface area contributed by atoms with Gasteiger partial charge in [0.2, 0.25) is 5.91 Å². The highest BCUT2D eigenvalue weighted by Gasteiger charge is 2.21. The molecule has 0 saturated heterocycles. The number of carbonyl (C=O) groups is 2. The molecule has 0 atom stereocenters. The second kappa shape index (κ2) is 9.06. The predicted molar refractivity (Wildman–Crippen MR) is 114 cm³/mol. The third-order valence-electron chi connectivity index (χ3n) is 4.38. The largest absolute Gasteiger partial charge is 0.327 e. The van der Waals surface area contributed by atoms with Gasteiger partial charge in [-0.15, -0.1) is 11.3 Å². The van der Waals surface area contributed by atoms with Crippen LogP contribution in [0.5, 0.6) is 0 Å². The van der Waals surface area contributed by atoms with E-state index in [0.717, 1.165) is 16.1 Å². The summed E-state index contributed by atoms with van der Waals surface area (Å²) in [4.78, 5) is 43.2. The van der Waals surface area contributed by atoms with E-state index in [1.165, 1.54) is 22.4 Å². The van der Waals surface area contributed by atoms with Gasteiger partial charge in [0.25, 0.3) is 5.91 Å². The topological polar surface area (TPSA) is 91.3 Å². The molecule has 0 bridgehead atoms. The number of aromatic nitrogens is 3. The van der Waals surface area contributed by atoms with Crippen molar-refractivity contribution in [2.75, 3.05) is 39.0 Å². The van der Waals surface area contributed by atoms with Crippen LogP contribution in [0.4, 0.5) is 5.13 Å². The van der Waals surface area contributed by atoms with Gasteiger partial charge < -0.3 is 15.1 Å². The zero-order valence-corrected chi connectivity index (χ0v) is 17.8. The Morgan fingerprint density at radius 1 is 1.07 bits per heavy atom. The van der Waals surface area contributed by atoms with Gasteiger partial charge in [0, 0.05) is 18.0 Å². The third-order valence-corrected chi connectivity index (χ3v) is 5.37. The standard InChI is InChI=1S/C20H24N6O2S/c1-13-14(2)29-20(22-13)24-18(27)12-26(10-9-25(3)4)19(28)17-11-21-15-7-5-6-8-16(15)23-17/h5-8,11H,9-10,12H2,1-4H3,(H,22,24,27). The number of hydrogen-bond donors (Lipinski definition) is 1. The Bertz CT molecular complexity index is 1010. The van der Waals surface area contributed by atoms with Crippen molar-refractivity contribution in [3.05, 3.63) is 46.7 Å². The van der Waals surface area contributed by atoms with Gasteiger partial charge in [-0.1, -0.05) is 12.1 Å². The lowest BCUT2D eigenvalue weighted by Gasteiger charge is -2.23. The average Bonchev–Trinajstić information content (AvgIpc) is 3.00. The molecule has 0 saturated carbocycles. The Morgan fingerprint density at radius 3 is 2.45 bits per heavy atom. The maximum Gasteiger partial charge on any atom is 0.274 e. The van der Waals surface area contributed by atoms with Gasteiger partial charge in [-0.05, 0) is 40.1 Å². The van der Waals surface area contributed by atoms with E-state index in [0.29, 0.717) is 23.7 Å². The summed E-state index contributed by atoms with van der Waals surface area (Å²) in [6, 6.07) is 7.36. The van der Waals surface area contributed by atoms with Crippen LogP contribution in [0.3, 0.4) is 0 Å². The van der Waals surface area contributed by atoms with Crippen LogP contribution in [0.25, 0.3) is 11.0 Å². The average molecular weight is 413 g/mol. The molecular weight excluding hydrogens is 388 g/mol. The number of nitrogens with zero attached hydrogens (tertiary/aromatic N) is 5. The highest BCUT2D eigenvalue weighted by atomic mass is 32.1. The normalized spacial score (nSPS) is 11.1. The minimum Gasteiger partial charge on any atom is -0.327 e. The van der Waals surface area contributed by atoms with Crippen molar-refractivity contribution in [1.29, 1.82) is 0 Å². The molecule has 0 fully saturated rings. The zero-order chi connectivity index (χ0) is 21.0. The van der Waals surface area contributed by atoms with Gasteiger partial charge in [0.15, 0.2) is 5.13 Å². The van der Waals surface area contributed by atoms with Crippen LogP contribution in [-0.2, 0) is 4.79 Å². The first-order chi connectivity index (χ1) is 13.8. The molecule has 2 amide bonds. The van der Waals surface area contributed by atoms with Crippen LogP contribution >= 0.6 is 11.3 Å². The highest BCUT2D eigenvalue weighted by Crippen LogP contribution is 2.21. The van der Waals surface area contributed by atoms with E-state index >= 15 is 0 Å². The molecule has 0 radical (unpaired) electrons. The van der Waals surface area contributed by atoms with Gasteiger partial charge in [-0.2, -0.15) is 0 Å². The molecule has 0 aliphatic heterocycles. The number of thiazole rings is 1. The number of anilines is 1. The molecule has 0 spiro atoms. The molecule has 2 heterocycles. The smallest absolute Gasteiger partial charge is 0.274 e. The first-order valence-electron chi connectivity index (χ1n) is 9.23. The molecule has 29 heavy (non-hydrogen) atoms. The minimum absolute atomic E-state index is 0.0845. The lowest BCUT2D eigenvalue weighted by atomic mass is 10.2. The van der Waals surface area contributed by atoms with Crippen LogP contribution in [0, 0.1) is 13.8 Å². The van der Waals surface area contributed by atoms with Gasteiger partial charge in [0.1, 0.15) is 12.2 Å². The lowest BCUT2D eigenvalue weighted by molar-refractivity contribution is -0.116. The second-order valence-corrected chi connectivity index (χ2v) is 8.19. The summed E-state index contributed by atoms with van der Waals surface area (Å²) in [5.74, 6) is -0.619. The number of likely N-dealkylation sites (N-methyl/N-ethyl adjacent to an activating group) is 1. The quantitative estimate of drug-likeness (QED) is 0.641. The van der Waals surface area contributed by atoms with Gasteiger partial charge >= 0.3 is 0 Å².